The Morgan fingerprint density at radius 1 is 1.75 bits per heavy atom. The van der Waals surface area contributed by atoms with Gasteiger partial charge in [-0.1, -0.05) is 0 Å². The highest BCUT2D eigenvalue weighted by Crippen LogP contribution is 2.04. The second kappa shape index (κ2) is 4.48. The van der Waals surface area contributed by atoms with Crippen molar-refractivity contribution in [2.24, 2.45) is 11.7 Å². The molecule has 0 saturated heterocycles. The second-order valence-corrected chi connectivity index (χ2v) is 3.19. The molecule has 0 fully saturated rings. The van der Waals surface area contributed by atoms with E-state index in [0.717, 1.165) is 12.4 Å². The molecule has 0 aliphatic heterocycles. The number of alkyl halides is 1. The van der Waals surface area contributed by atoms with E-state index in [0.29, 0.717) is 18.3 Å². The SMILES string of the molecule is Cc1nccn1CC(CN)CCl. The number of rotatable bonds is 4. The molecule has 1 rings (SSSR count). The van der Waals surface area contributed by atoms with Gasteiger partial charge in [-0.25, -0.2) is 4.98 Å². The van der Waals surface area contributed by atoms with Gasteiger partial charge in [0.15, 0.2) is 0 Å². The largest absolute Gasteiger partial charge is 0.335 e. The molecule has 0 aliphatic rings. The van der Waals surface area contributed by atoms with Gasteiger partial charge >= 0.3 is 0 Å². The summed E-state index contributed by atoms with van der Waals surface area (Å²) in [5.74, 6) is 1.96. The Morgan fingerprint density at radius 3 is 2.92 bits per heavy atom. The molecule has 1 heterocycles. The van der Waals surface area contributed by atoms with Crippen LogP contribution in [0.4, 0.5) is 0 Å². The normalized spacial score (nSPS) is 13.2. The molecule has 68 valence electrons. The van der Waals surface area contributed by atoms with Crippen LogP contribution < -0.4 is 5.73 Å². The molecule has 0 radical (unpaired) electrons. The smallest absolute Gasteiger partial charge is 0.105 e. The number of aromatic nitrogens is 2. The van der Waals surface area contributed by atoms with Gasteiger partial charge in [-0.3, -0.25) is 0 Å². The van der Waals surface area contributed by atoms with Gasteiger partial charge in [0.1, 0.15) is 5.82 Å². The van der Waals surface area contributed by atoms with E-state index in [4.69, 9.17) is 17.3 Å². The highest BCUT2D eigenvalue weighted by molar-refractivity contribution is 6.18. The molecule has 0 aromatic carbocycles. The third kappa shape index (κ3) is 2.22. The summed E-state index contributed by atoms with van der Waals surface area (Å²) in [6, 6.07) is 0. The van der Waals surface area contributed by atoms with Gasteiger partial charge in [-0.05, 0) is 13.5 Å². The Bertz CT molecular complexity index is 230. The quantitative estimate of drug-likeness (QED) is 0.715. The molecule has 12 heavy (non-hydrogen) atoms. The Labute approximate surface area is 77.5 Å². The van der Waals surface area contributed by atoms with Crippen molar-refractivity contribution >= 4 is 11.6 Å². The predicted octanol–water partition coefficient (Wildman–Crippen LogP) is 1.01. The van der Waals surface area contributed by atoms with Crippen LogP contribution in [0.2, 0.25) is 0 Å². The molecule has 1 atom stereocenters. The third-order valence-electron chi connectivity index (χ3n) is 1.93. The molecule has 0 spiro atoms. The van der Waals surface area contributed by atoms with Crippen molar-refractivity contribution in [1.82, 2.24) is 9.55 Å². The number of hydrogen-bond acceptors (Lipinski definition) is 2. The van der Waals surface area contributed by atoms with Crippen LogP contribution in [0, 0.1) is 12.8 Å². The molecule has 0 bridgehead atoms. The summed E-state index contributed by atoms with van der Waals surface area (Å²) in [5, 5.41) is 0. The van der Waals surface area contributed by atoms with E-state index in [1.54, 1.807) is 6.20 Å². The molecular formula is C8H14ClN3. The van der Waals surface area contributed by atoms with Crippen molar-refractivity contribution in [3.63, 3.8) is 0 Å². The Balaban J connectivity index is 2.56. The lowest BCUT2D eigenvalue weighted by Gasteiger charge is -2.12. The maximum Gasteiger partial charge on any atom is 0.105 e. The van der Waals surface area contributed by atoms with Gasteiger partial charge in [-0.15, -0.1) is 11.6 Å². The maximum atomic E-state index is 5.72. The fraction of sp³-hybridized carbons (Fsp3) is 0.625. The van der Waals surface area contributed by atoms with Crippen molar-refractivity contribution in [2.75, 3.05) is 12.4 Å². The van der Waals surface area contributed by atoms with Gasteiger partial charge in [0, 0.05) is 30.7 Å². The van der Waals surface area contributed by atoms with Crippen molar-refractivity contribution in [3.05, 3.63) is 18.2 Å². The van der Waals surface area contributed by atoms with Crippen molar-refractivity contribution in [1.29, 1.82) is 0 Å². The maximum absolute atomic E-state index is 5.72. The van der Waals surface area contributed by atoms with Crippen LogP contribution in [-0.4, -0.2) is 22.0 Å². The van der Waals surface area contributed by atoms with Gasteiger partial charge in [0.05, 0.1) is 0 Å². The number of nitrogens with zero attached hydrogens (tertiary/aromatic N) is 2. The molecule has 3 nitrogen and oxygen atoms in total. The van der Waals surface area contributed by atoms with Crippen LogP contribution in [0.1, 0.15) is 5.82 Å². The van der Waals surface area contributed by atoms with E-state index in [1.165, 1.54) is 0 Å². The minimum Gasteiger partial charge on any atom is -0.335 e. The van der Waals surface area contributed by atoms with Gasteiger partial charge in [-0.2, -0.15) is 0 Å². The van der Waals surface area contributed by atoms with E-state index >= 15 is 0 Å². The summed E-state index contributed by atoms with van der Waals surface area (Å²) in [5.41, 5.74) is 5.53. The van der Waals surface area contributed by atoms with Gasteiger partial charge in [0.2, 0.25) is 0 Å². The van der Waals surface area contributed by atoms with Crippen LogP contribution in [0.5, 0.6) is 0 Å². The Hall–Kier alpha value is -0.540. The fourth-order valence-electron chi connectivity index (χ4n) is 1.06. The van der Waals surface area contributed by atoms with E-state index in [9.17, 15) is 0 Å². The first-order valence-electron chi connectivity index (χ1n) is 4.01. The minimum absolute atomic E-state index is 0.347. The first kappa shape index (κ1) is 9.55. The first-order valence-corrected chi connectivity index (χ1v) is 4.55. The summed E-state index contributed by atoms with van der Waals surface area (Å²) >= 11 is 5.72. The fourth-order valence-corrected chi connectivity index (χ4v) is 1.28. The number of imidazole rings is 1. The average Bonchev–Trinajstić information content (AvgIpc) is 2.47. The Kier molecular flexibility index (Phi) is 3.56. The van der Waals surface area contributed by atoms with Crippen LogP contribution in [-0.2, 0) is 6.54 Å². The second-order valence-electron chi connectivity index (χ2n) is 2.88. The molecule has 1 aromatic rings. The highest BCUT2D eigenvalue weighted by Gasteiger charge is 2.06. The third-order valence-corrected chi connectivity index (χ3v) is 2.37. The lowest BCUT2D eigenvalue weighted by atomic mass is 10.2. The van der Waals surface area contributed by atoms with Crippen molar-refractivity contribution < 1.29 is 0 Å². The van der Waals surface area contributed by atoms with E-state index in [-0.39, 0.29) is 0 Å². The number of nitrogens with two attached hydrogens (primary N) is 1. The summed E-state index contributed by atoms with van der Waals surface area (Å²) in [4.78, 5) is 4.12. The van der Waals surface area contributed by atoms with Crippen LogP contribution in [0.15, 0.2) is 12.4 Å². The molecule has 2 N–H and O–H groups in total. The van der Waals surface area contributed by atoms with Crippen LogP contribution in [0.25, 0.3) is 0 Å². The van der Waals surface area contributed by atoms with E-state index < -0.39 is 0 Å². The van der Waals surface area contributed by atoms with Crippen LogP contribution >= 0.6 is 11.6 Å². The minimum atomic E-state index is 0.347. The van der Waals surface area contributed by atoms with Crippen molar-refractivity contribution in [2.45, 2.75) is 13.5 Å². The van der Waals surface area contributed by atoms with E-state index in [1.807, 2.05) is 13.1 Å². The molecule has 0 aliphatic carbocycles. The van der Waals surface area contributed by atoms with Crippen LogP contribution in [0.3, 0.4) is 0 Å². The Morgan fingerprint density at radius 2 is 2.50 bits per heavy atom. The summed E-state index contributed by atoms with van der Waals surface area (Å²) in [6.07, 6.45) is 3.74. The molecule has 1 unspecified atom stereocenters. The highest BCUT2D eigenvalue weighted by atomic mass is 35.5. The molecule has 1 aromatic heterocycles. The topological polar surface area (TPSA) is 43.8 Å². The van der Waals surface area contributed by atoms with Gasteiger partial charge < -0.3 is 10.3 Å². The average molecular weight is 188 g/mol. The molecular weight excluding hydrogens is 174 g/mol. The first-order chi connectivity index (χ1) is 5.77. The summed E-state index contributed by atoms with van der Waals surface area (Å²) in [6.45, 7) is 3.47. The standard InChI is InChI=1S/C8H14ClN3/c1-7-11-2-3-12(7)6-8(4-9)5-10/h2-3,8H,4-6,10H2,1H3. The zero-order chi connectivity index (χ0) is 8.97. The molecule has 4 heteroatoms. The lowest BCUT2D eigenvalue weighted by Crippen LogP contribution is -2.21. The zero-order valence-corrected chi connectivity index (χ0v) is 7.96. The number of aryl methyl sites for hydroxylation is 1. The predicted molar refractivity (Wildman–Crippen MR) is 50.2 cm³/mol. The van der Waals surface area contributed by atoms with Crippen molar-refractivity contribution in [3.8, 4) is 0 Å². The summed E-state index contributed by atoms with van der Waals surface area (Å²) < 4.78 is 2.07. The monoisotopic (exact) mass is 187 g/mol. The molecule has 0 amide bonds. The lowest BCUT2D eigenvalue weighted by molar-refractivity contribution is 0.489. The van der Waals surface area contributed by atoms with Gasteiger partial charge in [0.25, 0.3) is 0 Å². The summed E-state index contributed by atoms with van der Waals surface area (Å²) in [7, 11) is 0. The zero-order valence-electron chi connectivity index (χ0n) is 7.20. The molecule has 0 saturated carbocycles. The number of halogens is 1. The number of hydrogen-bond donors (Lipinski definition) is 1. The van der Waals surface area contributed by atoms with E-state index in [2.05, 4.69) is 9.55 Å².